The first-order chi connectivity index (χ1) is 13.3. The van der Waals surface area contributed by atoms with E-state index in [4.69, 9.17) is 4.74 Å². The molecular weight excluding hydrogens is 376 g/mol. The molecule has 2 heterocycles. The molecule has 2 fully saturated rings. The van der Waals surface area contributed by atoms with Crippen molar-refractivity contribution in [2.75, 3.05) is 44.3 Å². The highest BCUT2D eigenvalue weighted by Gasteiger charge is 2.61. The molecule has 0 unspecified atom stereocenters. The molecule has 3 aliphatic rings. The molecule has 1 aromatic rings. The van der Waals surface area contributed by atoms with Crippen molar-refractivity contribution in [3.63, 3.8) is 0 Å². The van der Waals surface area contributed by atoms with Crippen LogP contribution in [0.5, 0.6) is 5.75 Å². The number of benzene rings is 1. The van der Waals surface area contributed by atoms with Crippen LogP contribution in [0.1, 0.15) is 43.7 Å². The predicted octanol–water partition coefficient (Wildman–Crippen LogP) is 1.70. The number of carbonyl (C=O) groups is 1. The molecule has 1 spiro atoms. The van der Waals surface area contributed by atoms with Crippen LogP contribution in [0.15, 0.2) is 18.2 Å². The fourth-order valence-corrected chi connectivity index (χ4v) is 5.83. The van der Waals surface area contributed by atoms with Gasteiger partial charge in [-0.05, 0) is 30.4 Å². The van der Waals surface area contributed by atoms with Gasteiger partial charge in [0.05, 0.1) is 18.1 Å². The number of nitrogens with zero attached hydrogens (tertiary/aromatic N) is 1. The number of sulfone groups is 1. The second kappa shape index (κ2) is 7.34. The van der Waals surface area contributed by atoms with Crippen LogP contribution >= 0.6 is 0 Å². The first kappa shape index (κ1) is 19.7. The highest BCUT2D eigenvalue weighted by atomic mass is 32.2. The fourth-order valence-electron chi connectivity index (χ4n) is 4.56. The minimum Gasteiger partial charge on any atom is -0.493 e. The second-order valence-electron chi connectivity index (χ2n) is 8.71. The summed E-state index contributed by atoms with van der Waals surface area (Å²) in [7, 11) is -2.86. The maximum absolute atomic E-state index is 12.8. The summed E-state index contributed by atoms with van der Waals surface area (Å²) in [6.45, 7) is 7.43. The molecule has 1 N–H and O–H groups in total. The van der Waals surface area contributed by atoms with Crippen molar-refractivity contribution in [2.24, 2.45) is 5.92 Å². The number of fused-ring (bicyclic) bond motifs is 2. The summed E-state index contributed by atoms with van der Waals surface area (Å²) >= 11 is 0. The number of hydrogen-bond donors (Lipinski definition) is 1. The highest BCUT2D eigenvalue weighted by Crippen LogP contribution is 2.61. The molecule has 1 saturated heterocycles. The van der Waals surface area contributed by atoms with Crippen molar-refractivity contribution < 1.29 is 17.9 Å². The lowest BCUT2D eigenvalue weighted by molar-refractivity contribution is -0.122. The molecule has 0 aromatic heterocycles. The molecule has 1 aliphatic carbocycles. The van der Waals surface area contributed by atoms with Gasteiger partial charge in [0.1, 0.15) is 5.75 Å². The summed E-state index contributed by atoms with van der Waals surface area (Å²) in [5.74, 6) is 1.96. The lowest BCUT2D eigenvalue weighted by Gasteiger charge is -2.28. The predicted molar refractivity (Wildman–Crippen MR) is 109 cm³/mol. The number of amides is 1. The third-order valence-electron chi connectivity index (χ3n) is 6.57. The fraction of sp³-hybridized carbons (Fsp3) is 0.667. The van der Waals surface area contributed by atoms with E-state index in [0.717, 1.165) is 18.6 Å². The molecule has 2 aliphatic heterocycles. The van der Waals surface area contributed by atoms with E-state index in [1.54, 1.807) is 0 Å². The van der Waals surface area contributed by atoms with Crippen LogP contribution < -0.4 is 10.1 Å². The zero-order chi connectivity index (χ0) is 19.9. The quantitative estimate of drug-likeness (QED) is 0.806. The van der Waals surface area contributed by atoms with Crippen LogP contribution in [-0.2, 0) is 20.0 Å². The van der Waals surface area contributed by atoms with E-state index in [-0.39, 0.29) is 28.7 Å². The Hall–Kier alpha value is -1.60. The van der Waals surface area contributed by atoms with E-state index in [1.165, 1.54) is 11.1 Å². The van der Waals surface area contributed by atoms with Crippen LogP contribution in [0.2, 0.25) is 0 Å². The van der Waals surface area contributed by atoms with Crippen molar-refractivity contribution >= 4 is 15.7 Å². The molecule has 4 rings (SSSR count). The second-order valence-corrected chi connectivity index (χ2v) is 11.0. The van der Waals surface area contributed by atoms with E-state index in [2.05, 4.69) is 42.3 Å². The first-order valence-corrected chi connectivity index (χ1v) is 12.1. The summed E-state index contributed by atoms with van der Waals surface area (Å²) in [5.41, 5.74) is 2.42. The van der Waals surface area contributed by atoms with Gasteiger partial charge in [-0.1, -0.05) is 26.0 Å². The van der Waals surface area contributed by atoms with Gasteiger partial charge in [0, 0.05) is 43.1 Å². The largest absolute Gasteiger partial charge is 0.493 e. The van der Waals surface area contributed by atoms with E-state index >= 15 is 0 Å². The first-order valence-electron chi connectivity index (χ1n) is 10.3. The van der Waals surface area contributed by atoms with E-state index in [0.29, 0.717) is 38.7 Å². The van der Waals surface area contributed by atoms with Gasteiger partial charge in [0.2, 0.25) is 5.91 Å². The Kier molecular flexibility index (Phi) is 5.16. The van der Waals surface area contributed by atoms with Gasteiger partial charge in [-0.3, -0.25) is 9.69 Å². The third kappa shape index (κ3) is 3.79. The molecule has 7 heteroatoms. The molecule has 1 aromatic carbocycles. The SMILES string of the molecule is CC(C)c1ccc2c(c1)[C@]1(CCO2)C[C@H]1C(=O)NCCN1CCS(=O)(=O)CC1. The van der Waals surface area contributed by atoms with Crippen LogP contribution in [0.25, 0.3) is 0 Å². The Labute approximate surface area is 167 Å². The molecule has 154 valence electrons. The van der Waals surface area contributed by atoms with Crippen molar-refractivity contribution in [3.8, 4) is 5.75 Å². The average molecular weight is 407 g/mol. The molecule has 1 amide bonds. The monoisotopic (exact) mass is 406 g/mol. The van der Waals surface area contributed by atoms with Gasteiger partial charge >= 0.3 is 0 Å². The molecule has 28 heavy (non-hydrogen) atoms. The normalized spacial score (nSPS) is 28.6. The zero-order valence-corrected chi connectivity index (χ0v) is 17.6. The number of hydrogen-bond acceptors (Lipinski definition) is 5. The number of carbonyl (C=O) groups excluding carboxylic acids is 1. The summed E-state index contributed by atoms with van der Waals surface area (Å²) in [4.78, 5) is 14.9. The summed E-state index contributed by atoms with van der Waals surface area (Å²) in [6, 6.07) is 6.42. The maximum atomic E-state index is 12.8. The summed E-state index contributed by atoms with van der Waals surface area (Å²) in [6.07, 6.45) is 1.78. The van der Waals surface area contributed by atoms with Crippen molar-refractivity contribution in [3.05, 3.63) is 29.3 Å². The third-order valence-corrected chi connectivity index (χ3v) is 8.18. The van der Waals surface area contributed by atoms with Gasteiger partial charge in [-0.15, -0.1) is 0 Å². The van der Waals surface area contributed by atoms with E-state index in [1.807, 2.05) is 0 Å². The Bertz CT molecular complexity index is 853. The zero-order valence-electron chi connectivity index (χ0n) is 16.7. The smallest absolute Gasteiger partial charge is 0.224 e. The number of rotatable bonds is 5. The van der Waals surface area contributed by atoms with Crippen LogP contribution in [-0.4, -0.2) is 63.5 Å². The molecule has 0 radical (unpaired) electrons. The average Bonchev–Trinajstić information content (AvgIpc) is 3.38. The molecule has 1 saturated carbocycles. The number of nitrogens with one attached hydrogen (secondary N) is 1. The van der Waals surface area contributed by atoms with E-state index in [9.17, 15) is 13.2 Å². The Morgan fingerprint density at radius 1 is 1.32 bits per heavy atom. The Morgan fingerprint density at radius 2 is 2.07 bits per heavy atom. The van der Waals surface area contributed by atoms with Crippen LogP contribution in [0, 0.1) is 5.92 Å². The van der Waals surface area contributed by atoms with Crippen LogP contribution in [0.3, 0.4) is 0 Å². The van der Waals surface area contributed by atoms with Gasteiger partial charge in [0.15, 0.2) is 9.84 Å². The van der Waals surface area contributed by atoms with Crippen molar-refractivity contribution in [2.45, 2.75) is 38.0 Å². The molecule has 2 atom stereocenters. The van der Waals surface area contributed by atoms with E-state index < -0.39 is 9.84 Å². The van der Waals surface area contributed by atoms with Crippen molar-refractivity contribution in [1.82, 2.24) is 10.2 Å². The minimum atomic E-state index is -2.86. The van der Waals surface area contributed by atoms with Gasteiger partial charge < -0.3 is 10.1 Å². The Balaban J connectivity index is 1.35. The minimum absolute atomic E-state index is 0.0132. The standard InChI is InChI=1S/C21H30N2O4S/c1-15(2)16-3-4-19-17(13-16)21(5-10-27-19)14-18(21)20(24)22-6-7-23-8-11-28(25,26)12-9-23/h3-4,13,15,18H,5-12,14H2,1-2H3,(H,22,24)/t18-,21-/m0/s1. The molecule has 6 nitrogen and oxygen atoms in total. The van der Waals surface area contributed by atoms with Gasteiger partial charge in [-0.2, -0.15) is 0 Å². The van der Waals surface area contributed by atoms with Crippen molar-refractivity contribution in [1.29, 1.82) is 0 Å². The lowest BCUT2D eigenvalue weighted by atomic mass is 9.85. The topological polar surface area (TPSA) is 75.7 Å². The molecular formula is C21H30N2O4S. The highest BCUT2D eigenvalue weighted by molar-refractivity contribution is 7.91. The summed E-state index contributed by atoms with van der Waals surface area (Å²) in [5, 5.41) is 3.08. The Morgan fingerprint density at radius 3 is 2.79 bits per heavy atom. The number of ether oxygens (including phenoxy) is 1. The van der Waals surface area contributed by atoms with Gasteiger partial charge in [-0.25, -0.2) is 8.42 Å². The summed E-state index contributed by atoms with van der Waals surface area (Å²) < 4.78 is 28.9. The molecule has 0 bridgehead atoms. The van der Waals surface area contributed by atoms with Crippen LogP contribution in [0.4, 0.5) is 0 Å². The lowest BCUT2D eigenvalue weighted by Crippen LogP contribution is -2.44. The maximum Gasteiger partial charge on any atom is 0.224 e. The van der Waals surface area contributed by atoms with Gasteiger partial charge in [0.25, 0.3) is 0 Å².